The van der Waals surface area contributed by atoms with E-state index in [1.54, 1.807) is 12.1 Å². The van der Waals surface area contributed by atoms with Crippen molar-refractivity contribution >= 4 is 23.2 Å². The molecule has 0 aromatic heterocycles. The third-order valence-corrected chi connectivity index (χ3v) is 3.56. The van der Waals surface area contributed by atoms with E-state index >= 15 is 0 Å². The predicted octanol–water partition coefficient (Wildman–Crippen LogP) is 5.12. The molecule has 0 aliphatic heterocycles. The van der Waals surface area contributed by atoms with Crippen LogP contribution in [0.3, 0.4) is 0 Å². The Balaban J connectivity index is 2.33. The molecule has 2 aromatic rings. The smallest absolute Gasteiger partial charge is 0.123 e. The van der Waals surface area contributed by atoms with E-state index in [-0.39, 0.29) is 11.2 Å². The molecule has 3 heteroatoms. The van der Waals surface area contributed by atoms with Gasteiger partial charge in [-0.1, -0.05) is 35.9 Å². The summed E-state index contributed by atoms with van der Waals surface area (Å²) in [5.41, 5.74) is 2.78. The number of alkyl halides is 1. The van der Waals surface area contributed by atoms with Gasteiger partial charge in [-0.2, -0.15) is 0 Å². The molecule has 0 nitrogen and oxygen atoms in total. The van der Waals surface area contributed by atoms with Gasteiger partial charge < -0.3 is 0 Å². The molecule has 0 fully saturated rings. The summed E-state index contributed by atoms with van der Waals surface area (Å²) in [7, 11) is 0. The fourth-order valence-electron chi connectivity index (χ4n) is 1.59. The van der Waals surface area contributed by atoms with E-state index in [0.717, 1.165) is 16.7 Å². The van der Waals surface area contributed by atoms with Crippen LogP contribution in [0.2, 0.25) is 5.02 Å². The Morgan fingerprint density at radius 3 is 2.18 bits per heavy atom. The van der Waals surface area contributed by atoms with Crippen LogP contribution >= 0.6 is 23.2 Å². The highest BCUT2D eigenvalue weighted by molar-refractivity contribution is 6.31. The Bertz CT molecular complexity index is 520. The molecule has 0 amide bonds. The zero-order valence-corrected chi connectivity index (χ0v) is 10.8. The summed E-state index contributed by atoms with van der Waals surface area (Å²) >= 11 is 12.4. The van der Waals surface area contributed by atoms with E-state index in [1.807, 2.05) is 25.1 Å². The average Bonchev–Trinajstić information content (AvgIpc) is 2.33. The first-order chi connectivity index (χ1) is 8.08. The molecule has 1 atom stereocenters. The van der Waals surface area contributed by atoms with E-state index in [1.165, 1.54) is 12.1 Å². The van der Waals surface area contributed by atoms with Gasteiger partial charge in [-0.3, -0.25) is 0 Å². The van der Waals surface area contributed by atoms with Crippen LogP contribution in [-0.4, -0.2) is 0 Å². The highest BCUT2D eigenvalue weighted by Gasteiger charge is 2.11. The van der Waals surface area contributed by atoms with Crippen LogP contribution in [-0.2, 0) is 0 Å². The number of hydrogen-bond acceptors (Lipinski definition) is 0. The standard InChI is InChI=1S/C14H11Cl2F/c1-9-2-3-11(8-13(9)15)14(16)10-4-6-12(17)7-5-10/h2-8,14H,1H3. The van der Waals surface area contributed by atoms with Gasteiger partial charge in [0.2, 0.25) is 0 Å². The van der Waals surface area contributed by atoms with Gasteiger partial charge in [-0.05, 0) is 41.8 Å². The Morgan fingerprint density at radius 1 is 1.00 bits per heavy atom. The van der Waals surface area contributed by atoms with Gasteiger partial charge in [0.25, 0.3) is 0 Å². The highest BCUT2D eigenvalue weighted by atomic mass is 35.5. The van der Waals surface area contributed by atoms with Gasteiger partial charge in [0.15, 0.2) is 0 Å². The molecule has 2 rings (SSSR count). The Hall–Kier alpha value is -1.05. The van der Waals surface area contributed by atoms with Crippen molar-refractivity contribution < 1.29 is 4.39 Å². The van der Waals surface area contributed by atoms with Crippen LogP contribution in [0.5, 0.6) is 0 Å². The van der Waals surface area contributed by atoms with Crippen molar-refractivity contribution in [1.82, 2.24) is 0 Å². The Morgan fingerprint density at radius 2 is 1.59 bits per heavy atom. The van der Waals surface area contributed by atoms with Gasteiger partial charge in [0.05, 0.1) is 5.38 Å². The molecule has 0 heterocycles. The van der Waals surface area contributed by atoms with Crippen LogP contribution in [0, 0.1) is 12.7 Å². The van der Waals surface area contributed by atoms with E-state index in [0.29, 0.717) is 5.02 Å². The first-order valence-corrected chi connectivity index (χ1v) is 6.05. The zero-order chi connectivity index (χ0) is 12.4. The summed E-state index contributed by atoms with van der Waals surface area (Å²) in [5.74, 6) is -0.264. The Labute approximate surface area is 110 Å². The fraction of sp³-hybridized carbons (Fsp3) is 0.143. The van der Waals surface area contributed by atoms with Crippen LogP contribution in [0.25, 0.3) is 0 Å². The molecule has 0 aliphatic carbocycles. The molecular formula is C14H11Cl2F. The second-order valence-corrected chi connectivity index (χ2v) is 4.77. The molecule has 0 aliphatic rings. The molecule has 1 unspecified atom stereocenters. The quantitative estimate of drug-likeness (QED) is 0.664. The molecular weight excluding hydrogens is 258 g/mol. The molecule has 0 spiro atoms. The van der Waals surface area contributed by atoms with Gasteiger partial charge >= 0.3 is 0 Å². The van der Waals surface area contributed by atoms with Crippen molar-refractivity contribution in [3.05, 3.63) is 70.0 Å². The second kappa shape index (κ2) is 5.07. The lowest BCUT2D eigenvalue weighted by Crippen LogP contribution is -1.94. The number of benzene rings is 2. The predicted molar refractivity (Wildman–Crippen MR) is 70.3 cm³/mol. The minimum atomic E-state index is -0.311. The average molecular weight is 269 g/mol. The van der Waals surface area contributed by atoms with Crippen LogP contribution in [0.15, 0.2) is 42.5 Å². The summed E-state index contributed by atoms with van der Waals surface area (Å²) in [5, 5.41) is 0.379. The lowest BCUT2D eigenvalue weighted by molar-refractivity contribution is 0.627. The molecule has 17 heavy (non-hydrogen) atoms. The number of hydrogen-bond donors (Lipinski definition) is 0. The highest BCUT2D eigenvalue weighted by Crippen LogP contribution is 2.31. The van der Waals surface area contributed by atoms with Gasteiger partial charge in [-0.25, -0.2) is 4.39 Å². The summed E-state index contributed by atoms with van der Waals surface area (Å²) in [6.07, 6.45) is 0. The minimum Gasteiger partial charge on any atom is -0.207 e. The maximum absolute atomic E-state index is 12.8. The fourth-order valence-corrected chi connectivity index (χ4v) is 2.06. The molecule has 0 bridgehead atoms. The van der Waals surface area contributed by atoms with Gasteiger partial charge in [0.1, 0.15) is 5.82 Å². The summed E-state index contributed by atoms with van der Waals surface area (Å²) in [6, 6.07) is 11.9. The number of rotatable bonds is 2. The molecule has 88 valence electrons. The van der Waals surface area contributed by atoms with Gasteiger partial charge in [-0.15, -0.1) is 11.6 Å². The topological polar surface area (TPSA) is 0 Å². The molecule has 2 aromatic carbocycles. The lowest BCUT2D eigenvalue weighted by Gasteiger charge is -2.11. The van der Waals surface area contributed by atoms with Crippen molar-refractivity contribution in [3.63, 3.8) is 0 Å². The first-order valence-electron chi connectivity index (χ1n) is 5.23. The lowest BCUT2D eigenvalue weighted by atomic mass is 10.0. The number of aryl methyl sites for hydroxylation is 1. The van der Waals surface area contributed by atoms with E-state index in [4.69, 9.17) is 23.2 Å². The van der Waals surface area contributed by atoms with Crippen molar-refractivity contribution in [2.75, 3.05) is 0 Å². The normalized spacial score (nSPS) is 12.5. The van der Waals surface area contributed by atoms with Crippen molar-refractivity contribution in [2.24, 2.45) is 0 Å². The maximum atomic E-state index is 12.8. The number of halogens is 3. The van der Waals surface area contributed by atoms with Gasteiger partial charge in [0, 0.05) is 5.02 Å². The van der Waals surface area contributed by atoms with Crippen molar-refractivity contribution in [2.45, 2.75) is 12.3 Å². The van der Waals surface area contributed by atoms with Crippen LogP contribution < -0.4 is 0 Å². The molecule has 0 N–H and O–H groups in total. The van der Waals surface area contributed by atoms with E-state index in [2.05, 4.69) is 0 Å². The first kappa shape index (κ1) is 12.4. The van der Waals surface area contributed by atoms with Crippen LogP contribution in [0.1, 0.15) is 22.1 Å². The monoisotopic (exact) mass is 268 g/mol. The molecule has 0 saturated carbocycles. The summed E-state index contributed by atoms with van der Waals surface area (Å²) < 4.78 is 12.8. The van der Waals surface area contributed by atoms with E-state index < -0.39 is 0 Å². The molecule has 0 saturated heterocycles. The maximum Gasteiger partial charge on any atom is 0.123 e. The zero-order valence-electron chi connectivity index (χ0n) is 9.25. The Kier molecular flexibility index (Phi) is 3.70. The van der Waals surface area contributed by atoms with E-state index in [9.17, 15) is 4.39 Å². The third-order valence-electron chi connectivity index (χ3n) is 2.65. The van der Waals surface area contributed by atoms with Crippen LogP contribution in [0.4, 0.5) is 4.39 Å². The molecule has 0 radical (unpaired) electrons. The largest absolute Gasteiger partial charge is 0.207 e. The second-order valence-electron chi connectivity index (χ2n) is 3.92. The van der Waals surface area contributed by atoms with Crippen molar-refractivity contribution in [3.8, 4) is 0 Å². The van der Waals surface area contributed by atoms with Crippen molar-refractivity contribution in [1.29, 1.82) is 0 Å². The third kappa shape index (κ3) is 2.80. The summed E-state index contributed by atoms with van der Waals surface area (Å²) in [4.78, 5) is 0. The summed E-state index contributed by atoms with van der Waals surface area (Å²) in [6.45, 7) is 1.94. The SMILES string of the molecule is Cc1ccc(C(Cl)c2ccc(F)cc2)cc1Cl. The minimum absolute atomic E-state index is 0.264.